The predicted molar refractivity (Wildman–Crippen MR) is 84.8 cm³/mol. The van der Waals surface area contributed by atoms with Crippen LogP contribution in [0.5, 0.6) is 5.75 Å². The van der Waals surface area contributed by atoms with Crippen LogP contribution in [0.15, 0.2) is 36.7 Å². The Morgan fingerprint density at radius 2 is 1.76 bits per heavy atom. The lowest BCUT2D eigenvalue weighted by molar-refractivity contribution is 0.197. The smallest absolute Gasteiger partial charge is 0.327 e. The number of halogens is 3. The fourth-order valence-electron chi connectivity index (χ4n) is 1.71. The fourth-order valence-corrected chi connectivity index (χ4v) is 2.63. The van der Waals surface area contributed by atoms with Gasteiger partial charge in [-0.15, -0.1) is 0 Å². The molecule has 0 bridgehead atoms. The van der Waals surface area contributed by atoms with E-state index >= 15 is 0 Å². The number of carbonyl (C=O) groups excluding carboxylic acids is 1. The molecule has 0 aliphatic carbocycles. The second kappa shape index (κ2) is 7.07. The molecule has 4 nitrogen and oxygen atoms in total. The van der Waals surface area contributed by atoms with Crippen LogP contribution in [0, 0.1) is 0 Å². The number of hydrogen-bond donors (Lipinski definition) is 0. The van der Waals surface area contributed by atoms with Crippen LogP contribution < -0.4 is 4.74 Å². The third-order valence-electron chi connectivity index (χ3n) is 2.79. The minimum atomic E-state index is -0.142. The molecule has 0 aliphatic heterocycles. The Hall–Kier alpha value is -1.36. The van der Waals surface area contributed by atoms with Crippen LogP contribution in [0.4, 0.5) is 4.79 Å². The fraction of sp³-hybridized carbons (Fsp3) is 0.214. The van der Waals surface area contributed by atoms with Gasteiger partial charge in [-0.2, -0.15) is 0 Å². The van der Waals surface area contributed by atoms with Crippen LogP contribution in [0.2, 0.25) is 15.1 Å². The van der Waals surface area contributed by atoms with E-state index in [1.165, 1.54) is 9.47 Å². The summed E-state index contributed by atoms with van der Waals surface area (Å²) in [6, 6.07) is 6.54. The van der Waals surface area contributed by atoms with Crippen molar-refractivity contribution in [2.45, 2.75) is 0 Å². The van der Waals surface area contributed by atoms with Crippen molar-refractivity contribution < 1.29 is 9.53 Å². The lowest BCUT2D eigenvalue weighted by Gasteiger charge is -2.18. The highest BCUT2D eigenvalue weighted by atomic mass is 35.5. The molecule has 21 heavy (non-hydrogen) atoms. The summed E-state index contributed by atoms with van der Waals surface area (Å²) in [5.74, 6) is 0.365. The van der Waals surface area contributed by atoms with Crippen molar-refractivity contribution in [1.82, 2.24) is 9.47 Å². The summed E-state index contributed by atoms with van der Waals surface area (Å²) >= 11 is 17.9. The van der Waals surface area contributed by atoms with Crippen LogP contribution in [-0.4, -0.2) is 35.7 Å². The molecule has 2 rings (SSSR count). The highest BCUT2D eigenvalue weighted by molar-refractivity contribution is 6.40. The maximum absolute atomic E-state index is 12.0. The Balaban J connectivity index is 1.91. The first-order chi connectivity index (χ1) is 9.99. The maximum Gasteiger partial charge on any atom is 0.327 e. The summed E-state index contributed by atoms with van der Waals surface area (Å²) in [4.78, 5) is 13.5. The van der Waals surface area contributed by atoms with Crippen molar-refractivity contribution >= 4 is 40.8 Å². The first-order valence-corrected chi connectivity index (χ1v) is 7.28. The Morgan fingerprint density at radius 1 is 1.19 bits per heavy atom. The van der Waals surface area contributed by atoms with E-state index in [4.69, 9.17) is 39.5 Å². The predicted octanol–water partition coefficient (Wildman–Crippen LogP) is 4.43. The van der Waals surface area contributed by atoms with Gasteiger partial charge in [-0.05, 0) is 24.3 Å². The molecule has 0 unspecified atom stereocenters. The van der Waals surface area contributed by atoms with Gasteiger partial charge in [0.2, 0.25) is 0 Å². The minimum absolute atomic E-state index is 0.142. The van der Waals surface area contributed by atoms with E-state index in [2.05, 4.69) is 0 Å². The molecule has 1 aromatic carbocycles. The minimum Gasteiger partial charge on any atom is -0.489 e. The topological polar surface area (TPSA) is 34.5 Å². The van der Waals surface area contributed by atoms with E-state index in [9.17, 15) is 4.79 Å². The summed E-state index contributed by atoms with van der Waals surface area (Å²) in [5, 5.41) is 1.12. The number of nitrogens with zero attached hydrogens (tertiary/aromatic N) is 2. The Bertz CT molecular complexity index is 606. The molecular formula is C14H13Cl3N2O2. The van der Waals surface area contributed by atoms with Crippen LogP contribution in [-0.2, 0) is 0 Å². The van der Waals surface area contributed by atoms with E-state index in [1.54, 1.807) is 43.7 Å². The van der Waals surface area contributed by atoms with E-state index < -0.39 is 0 Å². The third-order valence-corrected chi connectivity index (χ3v) is 3.57. The van der Waals surface area contributed by atoms with E-state index in [0.29, 0.717) is 27.4 Å². The molecule has 2 aromatic rings. The molecule has 0 radical (unpaired) electrons. The van der Waals surface area contributed by atoms with Crippen molar-refractivity contribution in [3.8, 4) is 5.75 Å². The van der Waals surface area contributed by atoms with Gasteiger partial charge in [-0.3, -0.25) is 4.57 Å². The number of ether oxygens (including phenoxy) is 1. The Labute approximate surface area is 137 Å². The summed E-state index contributed by atoms with van der Waals surface area (Å²) < 4.78 is 7.02. The van der Waals surface area contributed by atoms with Crippen molar-refractivity contribution in [2.24, 2.45) is 0 Å². The average Bonchev–Trinajstić information content (AvgIpc) is 2.94. The van der Waals surface area contributed by atoms with Crippen molar-refractivity contribution in [3.05, 3.63) is 51.7 Å². The van der Waals surface area contributed by atoms with E-state index in [-0.39, 0.29) is 12.6 Å². The summed E-state index contributed by atoms with van der Waals surface area (Å²) in [6.07, 6.45) is 3.37. The van der Waals surface area contributed by atoms with Gasteiger partial charge in [0.1, 0.15) is 6.61 Å². The Kier molecular flexibility index (Phi) is 5.39. The van der Waals surface area contributed by atoms with Gasteiger partial charge < -0.3 is 9.64 Å². The van der Waals surface area contributed by atoms with Crippen LogP contribution in [0.1, 0.15) is 0 Å². The molecule has 0 N–H and O–H groups in total. The summed E-state index contributed by atoms with van der Waals surface area (Å²) in [7, 11) is 1.69. The second-order valence-electron chi connectivity index (χ2n) is 4.34. The number of likely N-dealkylation sites (N-methyl/N-ethyl adjacent to an activating group) is 1. The summed E-state index contributed by atoms with van der Waals surface area (Å²) in [5.41, 5.74) is 0. The van der Waals surface area contributed by atoms with Crippen molar-refractivity contribution in [1.29, 1.82) is 0 Å². The normalized spacial score (nSPS) is 10.5. The number of rotatable bonds is 4. The average molecular weight is 348 g/mol. The van der Waals surface area contributed by atoms with Gasteiger partial charge in [0, 0.05) is 24.5 Å². The number of carbonyl (C=O) groups is 1. The van der Waals surface area contributed by atoms with Crippen molar-refractivity contribution in [3.63, 3.8) is 0 Å². The van der Waals surface area contributed by atoms with Gasteiger partial charge in [0.05, 0.1) is 16.6 Å². The molecule has 0 saturated carbocycles. The maximum atomic E-state index is 12.0. The number of hydrogen-bond acceptors (Lipinski definition) is 2. The van der Waals surface area contributed by atoms with Crippen LogP contribution >= 0.6 is 34.8 Å². The lowest BCUT2D eigenvalue weighted by Crippen LogP contribution is -2.33. The lowest BCUT2D eigenvalue weighted by atomic mass is 10.3. The molecule has 0 saturated heterocycles. The standard InChI is InChI=1S/C14H13Cl3N2O2/c1-18(14(20)19-4-2-3-5-19)6-7-21-13-11(16)8-10(15)9-12(13)17/h2-5,8-9H,6-7H2,1H3. The first-order valence-electron chi connectivity index (χ1n) is 6.15. The molecule has 112 valence electrons. The van der Waals surface area contributed by atoms with Crippen molar-refractivity contribution in [2.75, 3.05) is 20.2 Å². The van der Waals surface area contributed by atoms with Crippen LogP contribution in [0.3, 0.4) is 0 Å². The Morgan fingerprint density at radius 3 is 2.33 bits per heavy atom. The molecular weight excluding hydrogens is 335 g/mol. The molecule has 1 aromatic heterocycles. The van der Waals surface area contributed by atoms with Gasteiger partial charge in [0.15, 0.2) is 5.75 Å². The molecule has 7 heteroatoms. The zero-order valence-corrected chi connectivity index (χ0v) is 13.5. The number of aromatic nitrogens is 1. The molecule has 0 fully saturated rings. The van der Waals surface area contributed by atoms with E-state index in [0.717, 1.165) is 0 Å². The first kappa shape index (κ1) is 16.0. The van der Waals surface area contributed by atoms with Gasteiger partial charge in [-0.25, -0.2) is 4.79 Å². The largest absolute Gasteiger partial charge is 0.489 e. The molecule has 0 atom stereocenters. The SMILES string of the molecule is CN(CCOc1c(Cl)cc(Cl)cc1Cl)C(=O)n1cccc1. The quantitative estimate of drug-likeness (QED) is 0.820. The highest BCUT2D eigenvalue weighted by Gasteiger charge is 2.12. The van der Waals surface area contributed by atoms with Gasteiger partial charge in [0.25, 0.3) is 0 Å². The molecule has 0 aliphatic rings. The monoisotopic (exact) mass is 346 g/mol. The van der Waals surface area contributed by atoms with E-state index in [1.807, 2.05) is 0 Å². The number of benzene rings is 1. The number of amides is 1. The zero-order valence-electron chi connectivity index (χ0n) is 11.2. The summed E-state index contributed by atoms with van der Waals surface area (Å²) in [6.45, 7) is 0.664. The second-order valence-corrected chi connectivity index (χ2v) is 5.59. The van der Waals surface area contributed by atoms with Crippen LogP contribution in [0.25, 0.3) is 0 Å². The molecule has 1 heterocycles. The molecule has 1 amide bonds. The molecule has 0 spiro atoms. The third kappa shape index (κ3) is 4.06. The zero-order chi connectivity index (χ0) is 15.4. The van der Waals surface area contributed by atoms with Gasteiger partial charge >= 0.3 is 6.03 Å². The highest BCUT2D eigenvalue weighted by Crippen LogP contribution is 2.35. The van der Waals surface area contributed by atoms with Gasteiger partial charge in [-0.1, -0.05) is 34.8 Å².